The molecule has 2 N–H and O–H groups in total. The Balaban J connectivity index is 2.11. The van der Waals surface area contributed by atoms with Crippen molar-refractivity contribution in [3.8, 4) is 0 Å². The molecule has 1 aromatic carbocycles. The van der Waals surface area contributed by atoms with Gasteiger partial charge in [0.05, 0.1) is 18.4 Å². The highest BCUT2D eigenvalue weighted by molar-refractivity contribution is 14.1. The van der Waals surface area contributed by atoms with Gasteiger partial charge in [0.25, 0.3) is 10.0 Å². The number of sulfonamides is 1. The maximum atomic E-state index is 12.3. The number of anilines is 1. The van der Waals surface area contributed by atoms with Gasteiger partial charge in [-0.3, -0.25) is 9.40 Å². The van der Waals surface area contributed by atoms with Gasteiger partial charge >= 0.3 is 0 Å². The molecule has 1 heterocycles. The summed E-state index contributed by atoms with van der Waals surface area (Å²) < 4.78 is 29.7. The van der Waals surface area contributed by atoms with E-state index in [4.69, 9.17) is 0 Å². The zero-order chi connectivity index (χ0) is 15.3. The predicted molar refractivity (Wildman–Crippen MR) is 90.7 cm³/mol. The van der Waals surface area contributed by atoms with Crippen LogP contribution in [0.1, 0.15) is 6.92 Å². The van der Waals surface area contributed by atoms with E-state index in [2.05, 4.69) is 37.7 Å². The number of hydrogen-bond donors (Lipinski definition) is 2. The lowest BCUT2D eigenvalue weighted by Gasteiger charge is -2.07. The van der Waals surface area contributed by atoms with E-state index in [1.165, 1.54) is 12.4 Å². The molecule has 21 heavy (non-hydrogen) atoms. The van der Waals surface area contributed by atoms with Crippen LogP contribution in [-0.4, -0.2) is 31.3 Å². The van der Waals surface area contributed by atoms with Crippen molar-refractivity contribution in [2.24, 2.45) is 0 Å². The van der Waals surface area contributed by atoms with Crippen molar-refractivity contribution in [2.45, 2.75) is 18.4 Å². The molecule has 0 fully saturated rings. The van der Waals surface area contributed by atoms with E-state index in [-0.39, 0.29) is 4.90 Å². The van der Waals surface area contributed by atoms with Crippen LogP contribution in [0.3, 0.4) is 0 Å². The van der Waals surface area contributed by atoms with Gasteiger partial charge in [-0.15, -0.1) is 0 Å². The molecule has 0 spiro atoms. The van der Waals surface area contributed by atoms with E-state index < -0.39 is 10.0 Å². The number of rotatable bonds is 7. The van der Waals surface area contributed by atoms with Crippen molar-refractivity contribution in [3.05, 3.63) is 40.2 Å². The first kappa shape index (κ1) is 16.2. The Kier molecular flexibility index (Phi) is 5.59. The van der Waals surface area contributed by atoms with Crippen LogP contribution in [0, 0.1) is 3.57 Å². The van der Waals surface area contributed by atoms with Gasteiger partial charge < -0.3 is 5.32 Å². The third-order valence-corrected chi connectivity index (χ3v) is 5.07. The Morgan fingerprint density at radius 3 is 2.81 bits per heavy atom. The molecule has 1 aromatic heterocycles. The summed E-state index contributed by atoms with van der Waals surface area (Å²) in [6, 6.07) is 7.23. The average molecular weight is 420 g/mol. The predicted octanol–water partition coefficient (Wildman–Crippen LogP) is 1.90. The Morgan fingerprint density at radius 2 is 2.10 bits per heavy atom. The largest absolute Gasteiger partial charge is 0.315 e. The van der Waals surface area contributed by atoms with Gasteiger partial charge in [-0.1, -0.05) is 19.1 Å². The van der Waals surface area contributed by atoms with Gasteiger partial charge in [0.2, 0.25) is 0 Å². The van der Waals surface area contributed by atoms with Crippen LogP contribution in [0.5, 0.6) is 0 Å². The molecular weight excluding hydrogens is 403 g/mol. The van der Waals surface area contributed by atoms with E-state index in [0.717, 1.165) is 16.7 Å². The smallest absolute Gasteiger partial charge is 0.265 e. The molecule has 2 aromatic rings. The fraction of sp³-hybridized carbons (Fsp3) is 0.308. The van der Waals surface area contributed by atoms with Crippen molar-refractivity contribution >= 4 is 38.3 Å². The number of hydrogen-bond acceptors (Lipinski definition) is 4. The molecule has 0 bridgehead atoms. The summed E-state index contributed by atoms with van der Waals surface area (Å²) in [5.41, 5.74) is 0.568. The number of likely N-dealkylation sites (N-methyl/N-ethyl adjacent to an activating group) is 1. The van der Waals surface area contributed by atoms with Crippen LogP contribution >= 0.6 is 22.6 Å². The molecule has 0 aliphatic heterocycles. The molecule has 0 aliphatic carbocycles. The lowest BCUT2D eigenvalue weighted by molar-refractivity contribution is 0.564. The third-order valence-electron chi connectivity index (χ3n) is 2.81. The standard InChI is InChI=1S/C13H17IN4O2S/c1-2-15-7-8-18-10-11(9-16-18)21(19,20)17-13-6-4-3-5-12(13)14/h3-6,9-10,15,17H,2,7-8H2,1H3. The quantitative estimate of drug-likeness (QED) is 0.530. The second kappa shape index (κ2) is 7.23. The fourth-order valence-electron chi connectivity index (χ4n) is 1.72. The molecule has 0 radical (unpaired) electrons. The first-order valence-electron chi connectivity index (χ1n) is 6.53. The molecule has 0 amide bonds. The zero-order valence-electron chi connectivity index (χ0n) is 11.6. The molecule has 114 valence electrons. The first-order valence-corrected chi connectivity index (χ1v) is 9.09. The first-order chi connectivity index (χ1) is 10.0. The van der Waals surface area contributed by atoms with Crippen LogP contribution in [0.15, 0.2) is 41.6 Å². The van der Waals surface area contributed by atoms with Crippen LogP contribution in [0.2, 0.25) is 0 Å². The molecular formula is C13H17IN4O2S. The number of nitrogens with zero attached hydrogens (tertiary/aromatic N) is 2. The summed E-state index contributed by atoms with van der Waals surface area (Å²) in [7, 11) is -3.60. The normalized spacial score (nSPS) is 11.5. The van der Waals surface area contributed by atoms with Crippen molar-refractivity contribution in [2.75, 3.05) is 17.8 Å². The Labute approximate surface area is 138 Å². The number of para-hydroxylation sites is 1. The van der Waals surface area contributed by atoms with Gasteiger partial charge in [-0.25, -0.2) is 8.42 Å². The minimum absolute atomic E-state index is 0.165. The van der Waals surface area contributed by atoms with E-state index >= 15 is 0 Å². The van der Waals surface area contributed by atoms with Gasteiger partial charge in [0.1, 0.15) is 4.90 Å². The molecule has 0 aliphatic rings. The molecule has 0 unspecified atom stereocenters. The lowest BCUT2D eigenvalue weighted by atomic mass is 10.3. The number of nitrogens with one attached hydrogen (secondary N) is 2. The monoisotopic (exact) mass is 420 g/mol. The molecule has 0 saturated carbocycles. The lowest BCUT2D eigenvalue weighted by Crippen LogP contribution is -2.19. The van der Waals surface area contributed by atoms with Crippen LogP contribution in [-0.2, 0) is 16.6 Å². The van der Waals surface area contributed by atoms with Gasteiger partial charge in [0.15, 0.2) is 0 Å². The maximum Gasteiger partial charge on any atom is 0.265 e. The van der Waals surface area contributed by atoms with Crippen LogP contribution in [0.4, 0.5) is 5.69 Å². The van der Waals surface area contributed by atoms with Crippen molar-refractivity contribution in [1.82, 2.24) is 15.1 Å². The Morgan fingerprint density at radius 1 is 1.33 bits per heavy atom. The highest BCUT2D eigenvalue weighted by atomic mass is 127. The third kappa shape index (κ3) is 4.42. The minimum atomic E-state index is -3.60. The summed E-state index contributed by atoms with van der Waals surface area (Å²) in [6.45, 7) is 4.28. The number of benzene rings is 1. The summed E-state index contributed by atoms with van der Waals surface area (Å²) >= 11 is 2.09. The second-order valence-corrected chi connectivity index (χ2v) is 7.22. The van der Waals surface area contributed by atoms with Crippen LogP contribution < -0.4 is 10.0 Å². The van der Waals surface area contributed by atoms with E-state index in [1.54, 1.807) is 16.8 Å². The average Bonchev–Trinajstić information content (AvgIpc) is 2.91. The van der Waals surface area contributed by atoms with Crippen molar-refractivity contribution < 1.29 is 8.42 Å². The summed E-state index contributed by atoms with van der Waals surface area (Å²) in [5.74, 6) is 0. The van der Waals surface area contributed by atoms with Gasteiger partial charge in [0, 0.05) is 16.3 Å². The Bertz CT molecular complexity index is 700. The van der Waals surface area contributed by atoms with E-state index in [0.29, 0.717) is 12.2 Å². The summed E-state index contributed by atoms with van der Waals surface area (Å²) in [4.78, 5) is 0.165. The van der Waals surface area contributed by atoms with E-state index in [9.17, 15) is 8.42 Å². The minimum Gasteiger partial charge on any atom is -0.315 e. The number of halogens is 1. The topological polar surface area (TPSA) is 76.0 Å². The second-order valence-electron chi connectivity index (χ2n) is 4.38. The van der Waals surface area contributed by atoms with Crippen molar-refractivity contribution in [3.63, 3.8) is 0 Å². The molecule has 0 atom stereocenters. The highest BCUT2D eigenvalue weighted by Gasteiger charge is 2.17. The number of aromatic nitrogens is 2. The zero-order valence-corrected chi connectivity index (χ0v) is 14.6. The molecule has 6 nitrogen and oxygen atoms in total. The van der Waals surface area contributed by atoms with Gasteiger partial charge in [-0.2, -0.15) is 5.10 Å². The summed E-state index contributed by atoms with van der Waals surface area (Å²) in [5, 5.41) is 7.24. The van der Waals surface area contributed by atoms with E-state index in [1.807, 2.05) is 19.1 Å². The SMILES string of the molecule is CCNCCn1cc(S(=O)(=O)Nc2ccccc2I)cn1. The van der Waals surface area contributed by atoms with Gasteiger partial charge in [-0.05, 0) is 41.3 Å². The maximum absolute atomic E-state index is 12.3. The molecule has 8 heteroatoms. The van der Waals surface area contributed by atoms with Crippen molar-refractivity contribution in [1.29, 1.82) is 0 Å². The highest BCUT2D eigenvalue weighted by Crippen LogP contribution is 2.21. The molecule has 0 saturated heterocycles. The summed E-state index contributed by atoms with van der Waals surface area (Å²) in [6.07, 6.45) is 2.90. The Hall–Kier alpha value is -1.13. The molecule has 2 rings (SSSR count). The fourth-order valence-corrected chi connectivity index (χ4v) is 3.46. The van der Waals surface area contributed by atoms with Crippen LogP contribution in [0.25, 0.3) is 0 Å².